The number of hydrazone groups is 1. The van der Waals surface area contributed by atoms with Crippen molar-refractivity contribution in [3.63, 3.8) is 0 Å². The van der Waals surface area contributed by atoms with E-state index in [1.165, 1.54) is 31.2 Å². The second kappa shape index (κ2) is 11.9. The summed E-state index contributed by atoms with van der Waals surface area (Å²) in [5.74, 6) is -0.165. The number of hydrogen-bond acceptors (Lipinski definition) is 6. The molecule has 2 N–H and O–H groups in total. The lowest BCUT2D eigenvalue weighted by Crippen LogP contribution is -2.19. The minimum Gasteiger partial charge on any atom is -0.493 e. The van der Waals surface area contributed by atoms with Crippen LogP contribution in [0.4, 0.5) is 0 Å². The van der Waals surface area contributed by atoms with E-state index in [0.29, 0.717) is 27.6 Å². The van der Waals surface area contributed by atoms with Gasteiger partial charge in [-0.2, -0.15) is 5.10 Å². The van der Waals surface area contributed by atoms with Crippen LogP contribution in [0.5, 0.6) is 11.5 Å². The van der Waals surface area contributed by atoms with Crippen molar-refractivity contribution >= 4 is 41.5 Å². The van der Waals surface area contributed by atoms with Crippen LogP contribution in [-0.2, 0) is 11.4 Å². The number of hydrogen-bond donors (Lipinski definition) is 2. The van der Waals surface area contributed by atoms with Crippen molar-refractivity contribution in [2.24, 2.45) is 5.10 Å². The van der Waals surface area contributed by atoms with E-state index in [0.717, 1.165) is 4.90 Å². The lowest BCUT2D eigenvalue weighted by Gasteiger charge is -2.13. The number of benzene rings is 3. The number of methoxy groups -OCH3 is 1. The normalized spacial score (nSPS) is 10.7. The van der Waals surface area contributed by atoms with Gasteiger partial charge in [0, 0.05) is 15.5 Å². The first-order chi connectivity index (χ1) is 16.0. The van der Waals surface area contributed by atoms with E-state index in [-0.39, 0.29) is 23.8 Å². The van der Waals surface area contributed by atoms with Crippen LogP contribution in [0.25, 0.3) is 0 Å². The summed E-state index contributed by atoms with van der Waals surface area (Å²) in [6.07, 6.45) is 1.47. The molecule has 3 aromatic carbocycles. The predicted molar refractivity (Wildman–Crippen MR) is 129 cm³/mol. The van der Waals surface area contributed by atoms with E-state index < -0.39 is 5.97 Å². The Morgan fingerprint density at radius 3 is 2.61 bits per heavy atom. The van der Waals surface area contributed by atoms with Crippen molar-refractivity contribution in [2.75, 3.05) is 12.9 Å². The molecule has 3 rings (SSSR count). The predicted octanol–water partition coefficient (Wildman–Crippen LogP) is 4.87. The molecule has 0 saturated carbocycles. The zero-order valence-electron chi connectivity index (χ0n) is 17.7. The van der Waals surface area contributed by atoms with Gasteiger partial charge in [0.25, 0.3) is 0 Å². The number of halogens is 1. The van der Waals surface area contributed by atoms with Crippen molar-refractivity contribution in [3.05, 3.63) is 88.4 Å². The number of ether oxygens (including phenoxy) is 2. The van der Waals surface area contributed by atoms with Gasteiger partial charge in [-0.15, -0.1) is 11.8 Å². The van der Waals surface area contributed by atoms with Crippen LogP contribution in [0, 0.1) is 0 Å². The summed E-state index contributed by atoms with van der Waals surface area (Å²) < 4.78 is 11.3. The molecule has 0 atom stereocenters. The van der Waals surface area contributed by atoms with Crippen molar-refractivity contribution in [3.8, 4) is 11.5 Å². The van der Waals surface area contributed by atoms with E-state index in [1.54, 1.807) is 48.5 Å². The van der Waals surface area contributed by atoms with E-state index in [1.807, 2.05) is 12.1 Å². The number of nitrogens with zero attached hydrogens (tertiary/aromatic N) is 1. The van der Waals surface area contributed by atoms with Gasteiger partial charge in [-0.05, 0) is 54.1 Å². The molecule has 0 aromatic heterocycles. The highest BCUT2D eigenvalue weighted by Crippen LogP contribution is 2.31. The second-order valence-electron chi connectivity index (χ2n) is 6.71. The zero-order chi connectivity index (χ0) is 23.6. The molecule has 0 saturated heterocycles. The summed E-state index contributed by atoms with van der Waals surface area (Å²) in [6.45, 7) is 0.131. The van der Waals surface area contributed by atoms with Crippen molar-refractivity contribution in [2.45, 2.75) is 11.5 Å². The maximum atomic E-state index is 12.1. The molecule has 0 unspecified atom stereocenters. The third-order valence-electron chi connectivity index (χ3n) is 4.36. The standard InChI is InChI=1S/C24H21ClN2O5S/c1-31-21-7-3-6-18(23(21)32-14-16-4-2-5-17(12-16)24(29)30)13-26-27-22(28)15-33-20-10-8-19(25)9-11-20/h2-13H,14-15H2,1H3,(H,27,28)(H,29,30)/b26-13-. The molecule has 0 heterocycles. The first kappa shape index (κ1) is 24.2. The summed E-state index contributed by atoms with van der Waals surface area (Å²) in [4.78, 5) is 24.2. The average molecular weight is 485 g/mol. The highest BCUT2D eigenvalue weighted by atomic mass is 35.5. The Bertz CT molecular complexity index is 1150. The number of amides is 1. The number of thioether (sulfide) groups is 1. The average Bonchev–Trinajstić information content (AvgIpc) is 2.82. The van der Waals surface area contributed by atoms with Crippen LogP contribution in [0.1, 0.15) is 21.5 Å². The summed E-state index contributed by atoms with van der Waals surface area (Å²) in [7, 11) is 1.52. The van der Waals surface area contributed by atoms with Crippen molar-refractivity contribution in [1.82, 2.24) is 5.43 Å². The third kappa shape index (κ3) is 7.27. The lowest BCUT2D eigenvalue weighted by molar-refractivity contribution is -0.118. The topological polar surface area (TPSA) is 97.2 Å². The van der Waals surface area contributed by atoms with Gasteiger partial charge >= 0.3 is 5.97 Å². The Morgan fingerprint density at radius 1 is 1.12 bits per heavy atom. The largest absolute Gasteiger partial charge is 0.493 e. The van der Waals surface area contributed by atoms with Crippen LogP contribution < -0.4 is 14.9 Å². The van der Waals surface area contributed by atoms with Crippen LogP contribution in [0.15, 0.2) is 76.7 Å². The number of carbonyl (C=O) groups excluding carboxylic acids is 1. The number of carboxylic acid groups (broad SMARTS) is 1. The summed E-state index contributed by atoms with van der Waals surface area (Å²) >= 11 is 7.23. The first-order valence-corrected chi connectivity index (χ1v) is 11.1. The van der Waals surface area contributed by atoms with Gasteiger partial charge in [0.2, 0.25) is 5.91 Å². The van der Waals surface area contributed by atoms with E-state index in [9.17, 15) is 9.59 Å². The van der Waals surface area contributed by atoms with Crippen LogP contribution >= 0.6 is 23.4 Å². The van der Waals surface area contributed by atoms with Gasteiger partial charge in [0.15, 0.2) is 11.5 Å². The molecule has 3 aromatic rings. The van der Waals surface area contributed by atoms with Crippen LogP contribution in [0.2, 0.25) is 5.02 Å². The van der Waals surface area contributed by atoms with Gasteiger partial charge in [0.05, 0.1) is 24.6 Å². The highest BCUT2D eigenvalue weighted by Gasteiger charge is 2.11. The molecule has 0 spiro atoms. The molecule has 0 radical (unpaired) electrons. The third-order valence-corrected chi connectivity index (χ3v) is 5.63. The monoisotopic (exact) mass is 484 g/mol. The van der Waals surface area contributed by atoms with Crippen LogP contribution in [-0.4, -0.2) is 36.1 Å². The minimum atomic E-state index is -1.01. The molecule has 0 bridgehead atoms. The smallest absolute Gasteiger partial charge is 0.335 e. The fourth-order valence-corrected chi connectivity index (χ4v) is 3.60. The molecular weight excluding hydrogens is 464 g/mol. The van der Waals surface area contributed by atoms with Gasteiger partial charge in [-0.25, -0.2) is 10.2 Å². The van der Waals surface area contributed by atoms with E-state index in [4.69, 9.17) is 26.2 Å². The number of rotatable bonds is 10. The molecular formula is C24H21ClN2O5S. The number of carbonyl (C=O) groups is 2. The lowest BCUT2D eigenvalue weighted by atomic mass is 10.1. The molecule has 0 aliphatic rings. The number of para-hydroxylation sites is 1. The van der Waals surface area contributed by atoms with Crippen LogP contribution in [0.3, 0.4) is 0 Å². The van der Waals surface area contributed by atoms with E-state index >= 15 is 0 Å². The van der Waals surface area contributed by atoms with E-state index in [2.05, 4.69) is 10.5 Å². The van der Waals surface area contributed by atoms with Gasteiger partial charge in [-0.1, -0.05) is 29.8 Å². The molecule has 9 heteroatoms. The maximum absolute atomic E-state index is 12.1. The number of aromatic carboxylic acids is 1. The Kier molecular flexibility index (Phi) is 8.74. The van der Waals surface area contributed by atoms with Crippen molar-refractivity contribution in [1.29, 1.82) is 0 Å². The summed E-state index contributed by atoms with van der Waals surface area (Å²) in [5.41, 5.74) is 3.95. The van der Waals surface area contributed by atoms with Gasteiger partial charge < -0.3 is 14.6 Å². The SMILES string of the molecule is COc1cccc(/C=N\NC(=O)CSc2ccc(Cl)cc2)c1OCc1cccc(C(=O)O)c1. The van der Waals surface area contributed by atoms with Gasteiger partial charge in [-0.3, -0.25) is 4.79 Å². The molecule has 170 valence electrons. The number of nitrogens with one attached hydrogen (secondary N) is 1. The second-order valence-corrected chi connectivity index (χ2v) is 8.19. The molecule has 33 heavy (non-hydrogen) atoms. The maximum Gasteiger partial charge on any atom is 0.335 e. The quantitative estimate of drug-likeness (QED) is 0.242. The molecule has 0 aliphatic heterocycles. The number of carboxylic acids is 1. The van der Waals surface area contributed by atoms with Gasteiger partial charge in [0.1, 0.15) is 6.61 Å². The molecule has 0 aliphatic carbocycles. The Balaban J connectivity index is 1.63. The first-order valence-electron chi connectivity index (χ1n) is 9.78. The minimum absolute atomic E-state index is 0.131. The summed E-state index contributed by atoms with van der Waals surface area (Å²) in [5, 5.41) is 13.8. The fourth-order valence-electron chi connectivity index (χ4n) is 2.79. The fraction of sp³-hybridized carbons (Fsp3) is 0.125. The molecule has 7 nitrogen and oxygen atoms in total. The Morgan fingerprint density at radius 2 is 1.88 bits per heavy atom. The molecule has 0 fully saturated rings. The Labute approximate surface area is 200 Å². The molecule has 1 amide bonds. The Hall–Kier alpha value is -3.49. The van der Waals surface area contributed by atoms with Crippen molar-refractivity contribution < 1.29 is 24.2 Å². The summed E-state index contributed by atoms with van der Waals surface area (Å²) in [6, 6.07) is 19.0. The zero-order valence-corrected chi connectivity index (χ0v) is 19.2. The highest BCUT2D eigenvalue weighted by molar-refractivity contribution is 8.00.